The summed E-state index contributed by atoms with van der Waals surface area (Å²) in [7, 11) is 1.81. The van der Waals surface area contributed by atoms with Crippen molar-refractivity contribution in [1.82, 2.24) is 19.7 Å². The van der Waals surface area contributed by atoms with E-state index in [1.165, 1.54) is 30.0 Å². The molecule has 0 aliphatic carbocycles. The molecule has 1 aromatic carbocycles. The third kappa shape index (κ3) is 4.15. The van der Waals surface area contributed by atoms with Crippen LogP contribution in [-0.4, -0.2) is 31.4 Å². The zero-order valence-electron chi connectivity index (χ0n) is 13.1. The van der Waals surface area contributed by atoms with E-state index >= 15 is 0 Å². The molecular weight excluding hydrogens is 365 g/mol. The molecule has 0 saturated carbocycles. The van der Waals surface area contributed by atoms with Crippen LogP contribution in [0.4, 0.5) is 10.1 Å². The van der Waals surface area contributed by atoms with Gasteiger partial charge in [-0.05, 0) is 30.3 Å². The van der Waals surface area contributed by atoms with Gasteiger partial charge in [-0.15, -0.1) is 10.2 Å². The Morgan fingerprint density at radius 3 is 2.80 bits per heavy atom. The van der Waals surface area contributed by atoms with E-state index in [-0.39, 0.29) is 17.3 Å². The summed E-state index contributed by atoms with van der Waals surface area (Å²) in [5.41, 5.74) is 0.927. The molecule has 3 rings (SSSR count). The van der Waals surface area contributed by atoms with Gasteiger partial charge in [0.1, 0.15) is 5.82 Å². The number of hydrogen-bond donors (Lipinski definition) is 1. The molecule has 0 bridgehead atoms. The first-order valence-corrected chi connectivity index (χ1v) is 8.58. The quantitative estimate of drug-likeness (QED) is 0.690. The first kappa shape index (κ1) is 17.4. The summed E-state index contributed by atoms with van der Waals surface area (Å²) in [6, 6.07) is 7.64. The van der Waals surface area contributed by atoms with E-state index in [0.29, 0.717) is 16.0 Å². The van der Waals surface area contributed by atoms with Gasteiger partial charge in [0.2, 0.25) is 5.91 Å². The molecule has 6 nitrogen and oxygen atoms in total. The fourth-order valence-electron chi connectivity index (χ4n) is 2.10. The van der Waals surface area contributed by atoms with Crippen molar-refractivity contribution in [3.63, 3.8) is 0 Å². The van der Waals surface area contributed by atoms with E-state index in [2.05, 4.69) is 20.5 Å². The van der Waals surface area contributed by atoms with Gasteiger partial charge in [-0.2, -0.15) is 0 Å². The van der Waals surface area contributed by atoms with E-state index in [9.17, 15) is 9.18 Å². The van der Waals surface area contributed by atoms with E-state index in [1.807, 2.05) is 19.2 Å². The largest absolute Gasteiger partial charge is 0.323 e. The Morgan fingerprint density at radius 1 is 1.28 bits per heavy atom. The number of pyridine rings is 1. The predicted molar refractivity (Wildman–Crippen MR) is 95.0 cm³/mol. The van der Waals surface area contributed by atoms with Crippen molar-refractivity contribution in [3.8, 4) is 11.4 Å². The Morgan fingerprint density at radius 2 is 2.04 bits per heavy atom. The first-order valence-electron chi connectivity index (χ1n) is 7.22. The zero-order chi connectivity index (χ0) is 17.8. The number of benzene rings is 1. The van der Waals surface area contributed by atoms with Gasteiger partial charge in [-0.1, -0.05) is 23.4 Å². The lowest BCUT2D eigenvalue weighted by Gasteiger charge is -2.07. The van der Waals surface area contributed by atoms with Crippen LogP contribution in [0.15, 0.2) is 47.9 Å². The van der Waals surface area contributed by atoms with Gasteiger partial charge < -0.3 is 9.88 Å². The molecule has 0 aliphatic rings. The normalized spacial score (nSPS) is 10.7. The Bertz CT molecular complexity index is 903. The van der Waals surface area contributed by atoms with Crippen LogP contribution in [-0.2, 0) is 11.8 Å². The van der Waals surface area contributed by atoms with Crippen molar-refractivity contribution in [2.75, 3.05) is 11.1 Å². The van der Waals surface area contributed by atoms with Crippen molar-refractivity contribution in [3.05, 3.63) is 53.6 Å². The number of halogens is 2. The Kier molecular flexibility index (Phi) is 5.30. The van der Waals surface area contributed by atoms with Gasteiger partial charge in [0, 0.05) is 30.0 Å². The maximum absolute atomic E-state index is 13.6. The van der Waals surface area contributed by atoms with E-state index in [0.717, 1.165) is 5.56 Å². The smallest absolute Gasteiger partial charge is 0.234 e. The highest BCUT2D eigenvalue weighted by Crippen LogP contribution is 2.23. The maximum Gasteiger partial charge on any atom is 0.234 e. The number of amides is 1. The molecule has 0 radical (unpaired) electrons. The zero-order valence-corrected chi connectivity index (χ0v) is 14.7. The molecule has 1 amide bonds. The third-order valence-corrected chi connectivity index (χ3v) is 4.56. The van der Waals surface area contributed by atoms with Crippen LogP contribution < -0.4 is 5.32 Å². The number of carbonyl (C=O) groups is 1. The maximum atomic E-state index is 13.6. The molecule has 0 aliphatic heterocycles. The monoisotopic (exact) mass is 377 g/mol. The number of hydrogen-bond acceptors (Lipinski definition) is 5. The van der Waals surface area contributed by atoms with Crippen molar-refractivity contribution in [1.29, 1.82) is 0 Å². The summed E-state index contributed by atoms with van der Waals surface area (Å²) >= 11 is 7.01. The van der Waals surface area contributed by atoms with Crippen LogP contribution in [0, 0.1) is 5.82 Å². The minimum Gasteiger partial charge on any atom is -0.323 e. The van der Waals surface area contributed by atoms with Crippen LogP contribution in [0.5, 0.6) is 0 Å². The van der Waals surface area contributed by atoms with Crippen molar-refractivity contribution >= 4 is 35.0 Å². The van der Waals surface area contributed by atoms with Crippen LogP contribution in [0.25, 0.3) is 11.4 Å². The summed E-state index contributed by atoms with van der Waals surface area (Å²) < 4.78 is 15.4. The summed E-state index contributed by atoms with van der Waals surface area (Å²) in [6.45, 7) is 0. The lowest BCUT2D eigenvalue weighted by Crippen LogP contribution is -2.15. The first-order chi connectivity index (χ1) is 12.0. The summed E-state index contributed by atoms with van der Waals surface area (Å²) in [6.07, 6.45) is 3.34. The molecule has 0 atom stereocenters. The second-order valence-electron chi connectivity index (χ2n) is 5.06. The standard InChI is InChI=1S/C16H13ClFN5OS/c1-23-15(10-4-6-19-7-5-10)21-22-16(23)25-9-14(24)20-13-8-11(17)2-3-12(13)18/h2-8H,9H2,1H3,(H,20,24). The number of anilines is 1. The van der Waals surface area contributed by atoms with Gasteiger partial charge >= 0.3 is 0 Å². The molecule has 9 heteroatoms. The Hall–Kier alpha value is -2.45. The van der Waals surface area contributed by atoms with Crippen LogP contribution in [0.2, 0.25) is 5.02 Å². The fraction of sp³-hybridized carbons (Fsp3) is 0.125. The Labute approximate surface area is 152 Å². The van der Waals surface area contributed by atoms with E-state index < -0.39 is 5.82 Å². The molecule has 0 saturated heterocycles. The minimum atomic E-state index is -0.540. The molecule has 1 N–H and O–H groups in total. The molecule has 0 unspecified atom stereocenters. The van der Waals surface area contributed by atoms with E-state index in [1.54, 1.807) is 17.0 Å². The van der Waals surface area contributed by atoms with Gasteiger partial charge in [-0.25, -0.2) is 4.39 Å². The highest BCUT2D eigenvalue weighted by molar-refractivity contribution is 7.99. The van der Waals surface area contributed by atoms with Gasteiger partial charge in [0.15, 0.2) is 11.0 Å². The van der Waals surface area contributed by atoms with Crippen LogP contribution in [0.3, 0.4) is 0 Å². The second-order valence-corrected chi connectivity index (χ2v) is 6.44. The molecule has 2 heterocycles. The van der Waals surface area contributed by atoms with Gasteiger partial charge in [0.25, 0.3) is 0 Å². The second kappa shape index (κ2) is 7.62. The number of rotatable bonds is 5. The van der Waals surface area contributed by atoms with Crippen molar-refractivity contribution in [2.24, 2.45) is 7.05 Å². The van der Waals surface area contributed by atoms with Gasteiger partial charge in [-0.3, -0.25) is 9.78 Å². The Balaban J connectivity index is 1.65. The number of thioether (sulfide) groups is 1. The molecule has 128 valence electrons. The van der Waals surface area contributed by atoms with Crippen LogP contribution >= 0.6 is 23.4 Å². The molecular formula is C16H13ClFN5OS. The molecule has 3 aromatic rings. The topological polar surface area (TPSA) is 72.7 Å². The average Bonchev–Trinajstić information content (AvgIpc) is 2.98. The predicted octanol–water partition coefficient (Wildman–Crippen LogP) is 3.40. The average molecular weight is 378 g/mol. The molecule has 25 heavy (non-hydrogen) atoms. The number of nitrogens with one attached hydrogen (secondary N) is 1. The lowest BCUT2D eigenvalue weighted by atomic mass is 10.2. The lowest BCUT2D eigenvalue weighted by molar-refractivity contribution is -0.113. The highest BCUT2D eigenvalue weighted by Gasteiger charge is 2.14. The number of aromatic nitrogens is 4. The van der Waals surface area contributed by atoms with E-state index in [4.69, 9.17) is 11.6 Å². The summed E-state index contributed by atoms with van der Waals surface area (Å²) in [5, 5.41) is 11.6. The van der Waals surface area contributed by atoms with Gasteiger partial charge in [0.05, 0.1) is 11.4 Å². The molecule has 2 aromatic heterocycles. The third-order valence-electron chi connectivity index (χ3n) is 3.31. The molecule has 0 spiro atoms. The minimum absolute atomic E-state index is 0.0496. The SMILES string of the molecule is Cn1c(SCC(=O)Nc2cc(Cl)ccc2F)nnc1-c1ccncc1. The highest BCUT2D eigenvalue weighted by atomic mass is 35.5. The fourth-order valence-corrected chi connectivity index (χ4v) is 2.99. The van der Waals surface area contributed by atoms with Crippen molar-refractivity contribution in [2.45, 2.75) is 5.16 Å². The number of nitrogens with zero attached hydrogens (tertiary/aromatic N) is 4. The summed E-state index contributed by atoms with van der Waals surface area (Å²) in [4.78, 5) is 16.0. The number of carbonyl (C=O) groups excluding carboxylic acids is 1. The van der Waals surface area contributed by atoms with Crippen LogP contribution in [0.1, 0.15) is 0 Å². The van der Waals surface area contributed by atoms with Crippen molar-refractivity contribution < 1.29 is 9.18 Å². The molecule has 0 fully saturated rings. The summed E-state index contributed by atoms with van der Waals surface area (Å²) in [5.74, 6) is -0.166.